The van der Waals surface area contributed by atoms with E-state index in [-0.39, 0.29) is 5.56 Å². The first kappa shape index (κ1) is 11.5. The lowest BCUT2D eigenvalue weighted by Gasteiger charge is -2.03. The average molecular weight is 259 g/mol. The van der Waals surface area contributed by atoms with Gasteiger partial charge in [-0.25, -0.2) is 8.78 Å². The lowest BCUT2D eigenvalue weighted by molar-refractivity contribution is 0.0943. The van der Waals surface area contributed by atoms with Gasteiger partial charge in [0.25, 0.3) is 5.91 Å². The summed E-state index contributed by atoms with van der Waals surface area (Å²) in [6.07, 6.45) is 0. The fourth-order valence-electron chi connectivity index (χ4n) is 1.80. The number of carbonyl (C=O) groups excluding carboxylic acids is 1. The molecular weight excluding hydrogens is 252 g/mol. The van der Waals surface area contributed by atoms with Gasteiger partial charge in [-0.05, 0) is 24.3 Å². The van der Waals surface area contributed by atoms with Crippen LogP contribution in [0.2, 0.25) is 0 Å². The first-order valence-electron chi connectivity index (χ1n) is 5.47. The van der Waals surface area contributed by atoms with Crippen LogP contribution in [-0.4, -0.2) is 20.9 Å². The van der Waals surface area contributed by atoms with Crippen LogP contribution in [0.15, 0.2) is 42.5 Å². The van der Waals surface area contributed by atoms with E-state index in [1.165, 1.54) is 12.1 Å². The SMILES string of the molecule is O=C(c1cccc(F)c1F)n1nnc2ccccc21. The molecule has 1 aromatic heterocycles. The Morgan fingerprint density at radius 3 is 2.68 bits per heavy atom. The zero-order valence-corrected chi connectivity index (χ0v) is 9.55. The summed E-state index contributed by atoms with van der Waals surface area (Å²) in [5, 5.41) is 7.46. The van der Waals surface area contributed by atoms with Crippen molar-refractivity contribution in [3.05, 3.63) is 59.7 Å². The van der Waals surface area contributed by atoms with Crippen LogP contribution in [0.3, 0.4) is 0 Å². The van der Waals surface area contributed by atoms with Gasteiger partial charge in [0.05, 0.1) is 11.1 Å². The van der Waals surface area contributed by atoms with E-state index in [1.54, 1.807) is 24.3 Å². The van der Waals surface area contributed by atoms with Crippen molar-refractivity contribution in [3.8, 4) is 0 Å². The summed E-state index contributed by atoms with van der Waals surface area (Å²) in [6, 6.07) is 10.2. The number of nitrogens with zero attached hydrogens (tertiary/aromatic N) is 3. The van der Waals surface area contributed by atoms with Crippen molar-refractivity contribution in [2.75, 3.05) is 0 Å². The van der Waals surface area contributed by atoms with Gasteiger partial charge < -0.3 is 0 Å². The quantitative estimate of drug-likeness (QED) is 0.674. The molecule has 0 saturated carbocycles. The predicted octanol–water partition coefficient (Wildman–Crippen LogP) is 2.40. The normalized spacial score (nSPS) is 10.8. The van der Waals surface area contributed by atoms with Gasteiger partial charge in [0, 0.05) is 0 Å². The maximum atomic E-state index is 13.6. The summed E-state index contributed by atoms with van der Waals surface area (Å²) in [6.45, 7) is 0. The van der Waals surface area contributed by atoms with Crippen LogP contribution in [0.25, 0.3) is 11.0 Å². The third-order valence-corrected chi connectivity index (χ3v) is 2.73. The second-order valence-electron chi connectivity index (χ2n) is 3.90. The topological polar surface area (TPSA) is 47.8 Å². The van der Waals surface area contributed by atoms with Crippen LogP contribution in [-0.2, 0) is 0 Å². The molecule has 0 aliphatic rings. The van der Waals surface area contributed by atoms with E-state index in [4.69, 9.17) is 0 Å². The minimum absolute atomic E-state index is 0.379. The van der Waals surface area contributed by atoms with E-state index < -0.39 is 17.5 Å². The maximum absolute atomic E-state index is 13.6. The number of hydrogen-bond donors (Lipinski definition) is 0. The Kier molecular flexibility index (Phi) is 2.56. The highest BCUT2D eigenvalue weighted by molar-refractivity contribution is 6.00. The molecule has 3 rings (SSSR count). The number of fused-ring (bicyclic) bond motifs is 1. The number of para-hydroxylation sites is 1. The fourth-order valence-corrected chi connectivity index (χ4v) is 1.80. The molecule has 0 aliphatic heterocycles. The summed E-state index contributed by atoms with van der Waals surface area (Å²) in [5.41, 5.74) is 0.569. The summed E-state index contributed by atoms with van der Waals surface area (Å²) in [5.74, 6) is -3.02. The molecule has 0 radical (unpaired) electrons. The summed E-state index contributed by atoms with van der Waals surface area (Å²) in [4.78, 5) is 12.1. The van der Waals surface area contributed by atoms with Crippen molar-refractivity contribution >= 4 is 16.9 Å². The third kappa shape index (κ3) is 1.77. The Hall–Kier alpha value is -2.63. The molecule has 0 saturated heterocycles. The fraction of sp³-hybridized carbons (Fsp3) is 0. The minimum Gasteiger partial charge on any atom is -0.267 e. The van der Waals surface area contributed by atoms with Gasteiger partial charge in [0.15, 0.2) is 11.6 Å². The first-order valence-corrected chi connectivity index (χ1v) is 5.47. The Labute approximate surface area is 106 Å². The van der Waals surface area contributed by atoms with Crippen molar-refractivity contribution in [2.24, 2.45) is 0 Å². The van der Waals surface area contributed by atoms with E-state index >= 15 is 0 Å². The number of benzene rings is 2. The van der Waals surface area contributed by atoms with Gasteiger partial charge in [0.2, 0.25) is 0 Å². The highest BCUT2D eigenvalue weighted by atomic mass is 19.2. The van der Waals surface area contributed by atoms with E-state index in [2.05, 4.69) is 10.3 Å². The standard InChI is InChI=1S/C13H7F2N3O/c14-9-5-3-4-8(12(9)15)13(19)18-11-7-2-1-6-10(11)16-17-18/h1-7H. The molecule has 0 fully saturated rings. The van der Waals surface area contributed by atoms with Crippen LogP contribution in [0.5, 0.6) is 0 Å². The van der Waals surface area contributed by atoms with Gasteiger partial charge in [-0.1, -0.05) is 23.4 Å². The Morgan fingerprint density at radius 2 is 1.84 bits per heavy atom. The molecule has 19 heavy (non-hydrogen) atoms. The second kappa shape index (κ2) is 4.24. The molecule has 4 nitrogen and oxygen atoms in total. The molecule has 0 aliphatic carbocycles. The third-order valence-electron chi connectivity index (χ3n) is 2.73. The lowest BCUT2D eigenvalue weighted by atomic mass is 10.2. The van der Waals surface area contributed by atoms with Crippen molar-refractivity contribution in [1.82, 2.24) is 15.0 Å². The number of hydrogen-bond acceptors (Lipinski definition) is 3. The van der Waals surface area contributed by atoms with Crippen LogP contribution >= 0.6 is 0 Å². The van der Waals surface area contributed by atoms with Crippen LogP contribution in [0.4, 0.5) is 8.78 Å². The molecule has 0 bridgehead atoms. The Balaban J connectivity index is 2.17. The van der Waals surface area contributed by atoms with Crippen molar-refractivity contribution in [2.45, 2.75) is 0 Å². The van der Waals surface area contributed by atoms with Gasteiger partial charge >= 0.3 is 0 Å². The summed E-state index contributed by atoms with van der Waals surface area (Å²) >= 11 is 0. The van der Waals surface area contributed by atoms with E-state index in [0.29, 0.717) is 11.0 Å². The van der Waals surface area contributed by atoms with Crippen molar-refractivity contribution < 1.29 is 13.6 Å². The number of rotatable bonds is 1. The average Bonchev–Trinajstić information content (AvgIpc) is 2.85. The summed E-state index contributed by atoms with van der Waals surface area (Å²) < 4.78 is 27.7. The highest BCUT2D eigenvalue weighted by Gasteiger charge is 2.19. The van der Waals surface area contributed by atoms with Gasteiger partial charge in [-0.15, -0.1) is 5.10 Å². The molecule has 1 heterocycles. The van der Waals surface area contributed by atoms with Gasteiger partial charge in [-0.3, -0.25) is 4.79 Å². The van der Waals surface area contributed by atoms with E-state index in [9.17, 15) is 13.6 Å². The first-order chi connectivity index (χ1) is 9.18. The second-order valence-corrected chi connectivity index (χ2v) is 3.90. The molecule has 0 amide bonds. The molecular formula is C13H7F2N3O. The zero-order chi connectivity index (χ0) is 13.4. The minimum atomic E-state index is -1.19. The summed E-state index contributed by atoms with van der Waals surface area (Å²) in [7, 11) is 0. The monoisotopic (exact) mass is 259 g/mol. The van der Waals surface area contributed by atoms with Crippen molar-refractivity contribution in [1.29, 1.82) is 0 Å². The molecule has 0 spiro atoms. The van der Waals surface area contributed by atoms with Crippen molar-refractivity contribution in [3.63, 3.8) is 0 Å². The molecule has 3 aromatic rings. The van der Waals surface area contributed by atoms with E-state index in [0.717, 1.165) is 10.7 Å². The van der Waals surface area contributed by atoms with Gasteiger partial charge in [0.1, 0.15) is 5.52 Å². The lowest BCUT2D eigenvalue weighted by Crippen LogP contribution is -2.16. The largest absolute Gasteiger partial charge is 0.283 e. The number of halogens is 2. The maximum Gasteiger partial charge on any atom is 0.283 e. The molecule has 94 valence electrons. The highest BCUT2D eigenvalue weighted by Crippen LogP contribution is 2.16. The molecule has 0 atom stereocenters. The van der Waals surface area contributed by atoms with Gasteiger partial charge in [-0.2, -0.15) is 4.68 Å². The number of aromatic nitrogens is 3. The molecule has 6 heteroatoms. The molecule has 2 aromatic carbocycles. The Morgan fingerprint density at radius 1 is 1.05 bits per heavy atom. The van der Waals surface area contributed by atoms with E-state index in [1.807, 2.05) is 0 Å². The Bertz CT molecular complexity index is 782. The smallest absolute Gasteiger partial charge is 0.267 e. The molecule has 0 unspecified atom stereocenters. The van der Waals surface area contributed by atoms with Crippen LogP contribution in [0.1, 0.15) is 10.4 Å². The van der Waals surface area contributed by atoms with Crippen LogP contribution < -0.4 is 0 Å². The zero-order valence-electron chi connectivity index (χ0n) is 9.55. The van der Waals surface area contributed by atoms with Crippen LogP contribution in [0, 0.1) is 11.6 Å². The number of carbonyl (C=O) groups is 1. The predicted molar refractivity (Wildman–Crippen MR) is 63.6 cm³/mol. The molecule has 0 N–H and O–H groups in total.